The predicted octanol–water partition coefficient (Wildman–Crippen LogP) is 3.71. The highest BCUT2D eigenvalue weighted by Gasteiger charge is 2.46. The highest BCUT2D eigenvalue weighted by atomic mass is 31.2. The fraction of sp³-hybridized carbons (Fsp3) is 0.312. The molecule has 1 saturated heterocycles. The molecule has 2 heterocycles. The zero-order chi connectivity index (χ0) is 14.9. The molecule has 1 fully saturated rings. The Labute approximate surface area is 124 Å². The summed E-state index contributed by atoms with van der Waals surface area (Å²) in [6.07, 6.45) is 1.30. The maximum Gasteiger partial charge on any atom is 0.380 e. The van der Waals surface area contributed by atoms with Crippen LogP contribution in [0.5, 0.6) is 0 Å². The number of rotatable bonds is 2. The minimum atomic E-state index is -3.38. The van der Waals surface area contributed by atoms with Crippen LogP contribution in [0.4, 0.5) is 0 Å². The van der Waals surface area contributed by atoms with Crippen molar-refractivity contribution in [3.63, 3.8) is 0 Å². The van der Waals surface area contributed by atoms with Crippen molar-refractivity contribution >= 4 is 13.0 Å². The molecule has 0 amide bonds. The number of hydrogen-bond acceptors (Lipinski definition) is 4. The number of nitrogens with zero attached hydrogens (tertiary/aromatic N) is 1. The third-order valence-corrected chi connectivity index (χ3v) is 5.38. The molecule has 2 aromatic rings. The van der Waals surface area contributed by atoms with Crippen LogP contribution in [-0.4, -0.2) is 11.6 Å². The van der Waals surface area contributed by atoms with Gasteiger partial charge in [-0.1, -0.05) is 50.2 Å². The van der Waals surface area contributed by atoms with Crippen molar-refractivity contribution in [3.8, 4) is 0 Å². The van der Waals surface area contributed by atoms with Gasteiger partial charge in [-0.3, -0.25) is 9.09 Å². The summed E-state index contributed by atoms with van der Waals surface area (Å²) in [5, 5.41) is 0. The lowest BCUT2D eigenvalue weighted by Crippen LogP contribution is -2.35. The molecule has 1 aliphatic heterocycles. The molecule has 0 spiro atoms. The molecule has 0 N–H and O–H groups in total. The lowest BCUT2D eigenvalue weighted by atomic mass is 9.83. The molecule has 4 nitrogen and oxygen atoms in total. The maximum atomic E-state index is 13.0. The van der Waals surface area contributed by atoms with Gasteiger partial charge in [0.25, 0.3) is 0 Å². The monoisotopic (exact) mass is 303 g/mol. The van der Waals surface area contributed by atoms with E-state index in [0.717, 1.165) is 5.56 Å². The van der Waals surface area contributed by atoms with Crippen LogP contribution in [0.3, 0.4) is 0 Å². The zero-order valence-corrected chi connectivity index (χ0v) is 13.0. The summed E-state index contributed by atoms with van der Waals surface area (Å²) in [7, 11) is -3.38. The minimum Gasteiger partial charge on any atom is -0.303 e. The third kappa shape index (κ3) is 2.80. The van der Waals surface area contributed by atoms with Gasteiger partial charge < -0.3 is 4.52 Å². The highest BCUT2D eigenvalue weighted by Crippen LogP contribution is 2.59. The standard InChI is InChI=1S/C16H18NO3P/c1-16(2)12-19-21(18,14-10-6-7-11-17-14)20-15(16)13-8-4-3-5-9-13/h3-11,15H,12H2,1-2H3/t15-,21+/m1/s1. The number of hydrogen-bond donors (Lipinski definition) is 0. The largest absolute Gasteiger partial charge is 0.380 e. The van der Waals surface area contributed by atoms with E-state index in [1.807, 2.05) is 44.2 Å². The Morgan fingerprint density at radius 3 is 2.52 bits per heavy atom. The van der Waals surface area contributed by atoms with E-state index in [1.54, 1.807) is 24.4 Å². The Balaban J connectivity index is 1.98. The van der Waals surface area contributed by atoms with Crippen LogP contribution >= 0.6 is 7.60 Å². The first-order chi connectivity index (χ1) is 10.0. The van der Waals surface area contributed by atoms with Gasteiger partial charge in [0.05, 0.1) is 12.7 Å². The van der Waals surface area contributed by atoms with Gasteiger partial charge in [0, 0.05) is 11.6 Å². The Kier molecular flexibility index (Phi) is 3.70. The van der Waals surface area contributed by atoms with E-state index in [4.69, 9.17) is 9.05 Å². The van der Waals surface area contributed by atoms with Crippen molar-refractivity contribution in [1.29, 1.82) is 0 Å². The summed E-state index contributed by atoms with van der Waals surface area (Å²) >= 11 is 0. The molecule has 110 valence electrons. The smallest absolute Gasteiger partial charge is 0.303 e. The van der Waals surface area contributed by atoms with Gasteiger partial charge in [-0.25, -0.2) is 4.98 Å². The first-order valence-electron chi connectivity index (χ1n) is 6.91. The molecule has 1 aliphatic rings. The average molecular weight is 303 g/mol. The number of benzene rings is 1. The SMILES string of the molecule is CC1(C)CO[P@@](=O)(c2ccccn2)O[C@@H]1c1ccccc1. The Bertz CT molecular complexity index is 658. The quantitative estimate of drug-likeness (QED) is 0.793. The third-order valence-electron chi connectivity index (χ3n) is 3.59. The van der Waals surface area contributed by atoms with Gasteiger partial charge in [-0.2, -0.15) is 0 Å². The van der Waals surface area contributed by atoms with Crippen LogP contribution in [-0.2, 0) is 13.6 Å². The molecule has 1 aromatic carbocycles. The summed E-state index contributed by atoms with van der Waals surface area (Å²) in [5.41, 5.74) is 1.10. The van der Waals surface area contributed by atoms with Gasteiger partial charge in [-0.05, 0) is 17.7 Å². The molecule has 0 saturated carbocycles. The normalized spacial score (nSPS) is 28.2. The van der Waals surface area contributed by atoms with Gasteiger partial charge in [0.15, 0.2) is 5.44 Å². The summed E-state index contributed by atoms with van der Waals surface area (Å²) in [6.45, 7) is 4.46. The van der Waals surface area contributed by atoms with Gasteiger partial charge in [0.1, 0.15) is 0 Å². The fourth-order valence-electron chi connectivity index (χ4n) is 2.41. The Hall–Kier alpha value is -1.48. The first kappa shape index (κ1) is 14.5. The molecular weight excluding hydrogens is 285 g/mol. The van der Waals surface area contributed by atoms with E-state index < -0.39 is 7.60 Å². The van der Waals surface area contributed by atoms with Crippen LogP contribution in [0.15, 0.2) is 54.7 Å². The van der Waals surface area contributed by atoms with Crippen LogP contribution < -0.4 is 5.44 Å². The lowest BCUT2D eigenvalue weighted by molar-refractivity contribution is -0.0230. The predicted molar refractivity (Wildman–Crippen MR) is 81.5 cm³/mol. The second-order valence-corrected chi connectivity index (χ2v) is 7.77. The lowest BCUT2D eigenvalue weighted by Gasteiger charge is -2.41. The topological polar surface area (TPSA) is 48.4 Å². The fourth-order valence-corrected chi connectivity index (χ4v) is 4.38. The van der Waals surface area contributed by atoms with Gasteiger partial charge in [0.2, 0.25) is 0 Å². The number of pyridine rings is 1. The van der Waals surface area contributed by atoms with Crippen molar-refractivity contribution in [1.82, 2.24) is 4.98 Å². The van der Waals surface area contributed by atoms with Crippen molar-refractivity contribution in [2.75, 3.05) is 6.61 Å². The van der Waals surface area contributed by atoms with Crippen LogP contribution in [0.2, 0.25) is 0 Å². The van der Waals surface area contributed by atoms with Crippen molar-refractivity contribution < 1.29 is 13.6 Å². The summed E-state index contributed by atoms with van der Waals surface area (Å²) < 4.78 is 24.5. The maximum absolute atomic E-state index is 13.0. The van der Waals surface area contributed by atoms with E-state index in [-0.39, 0.29) is 11.5 Å². The van der Waals surface area contributed by atoms with Crippen LogP contribution in [0.1, 0.15) is 25.5 Å². The van der Waals surface area contributed by atoms with Gasteiger partial charge in [-0.15, -0.1) is 0 Å². The van der Waals surface area contributed by atoms with E-state index in [0.29, 0.717) is 12.0 Å². The first-order valence-corrected chi connectivity index (χ1v) is 8.45. The van der Waals surface area contributed by atoms with Crippen molar-refractivity contribution in [3.05, 3.63) is 60.3 Å². The van der Waals surface area contributed by atoms with E-state index in [2.05, 4.69) is 4.98 Å². The van der Waals surface area contributed by atoms with Gasteiger partial charge >= 0.3 is 7.60 Å². The molecule has 2 atom stereocenters. The molecule has 1 aromatic heterocycles. The van der Waals surface area contributed by atoms with Crippen LogP contribution in [0, 0.1) is 5.41 Å². The van der Waals surface area contributed by atoms with Crippen molar-refractivity contribution in [2.45, 2.75) is 20.0 Å². The Morgan fingerprint density at radius 2 is 1.86 bits per heavy atom. The molecule has 0 aliphatic carbocycles. The van der Waals surface area contributed by atoms with E-state index in [9.17, 15) is 4.57 Å². The zero-order valence-electron chi connectivity index (χ0n) is 12.1. The summed E-state index contributed by atoms with van der Waals surface area (Å²) in [4.78, 5) is 4.14. The molecule has 0 bridgehead atoms. The second kappa shape index (κ2) is 5.38. The second-order valence-electron chi connectivity index (χ2n) is 5.84. The number of aromatic nitrogens is 1. The molecule has 5 heteroatoms. The Morgan fingerprint density at radius 1 is 1.14 bits per heavy atom. The molecular formula is C16H18NO3P. The molecule has 21 heavy (non-hydrogen) atoms. The average Bonchev–Trinajstić information content (AvgIpc) is 2.52. The van der Waals surface area contributed by atoms with E-state index >= 15 is 0 Å². The molecule has 3 rings (SSSR count). The van der Waals surface area contributed by atoms with Crippen LogP contribution in [0.25, 0.3) is 0 Å². The van der Waals surface area contributed by atoms with Crippen molar-refractivity contribution in [2.24, 2.45) is 5.41 Å². The molecule has 0 radical (unpaired) electrons. The van der Waals surface area contributed by atoms with E-state index in [1.165, 1.54) is 0 Å². The summed E-state index contributed by atoms with van der Waals surface area (Å²) in [6, 6.07) is 15.1. The molecule has 0 unspecified atom stereocenters. The summed E-state index contributed by atoms with van der Waals surface area (Å²) in [5.74, 6) is 0. The highest BCUT2D eigenvalue weighted by molar-refractivity contribution is 7.62. The minimum absolute atomic E-state index is 0.260.